The summed E-state index contributed by atoms with van der Waals surface area (Å²) < 4.78 is 4.98. The van der Waals surface area contributed by atoms with Crippen LogP contribution in [-0.2, 0) is 4.75 Å². The summed E-state index contributed by atoms with van der Waals surface area (Å²) in [6.45, 7) is 0.866. The van der Waals surface area contributed by atoms with Gasteiger partial charge in [0, 0.05) is 18.0 Å². The van der Waals surface area contributed by atoms with Crippen LogP contribution in [0.3, 0.4) is 0 Å². The molecule has 0 amide bonds. The number of methoxy groups -OCH3 is 1. The van der Waals surface area contributed by atoms with Gasteiger partial charge in [0.15, 0.2) is 0 Å². The Balaban J connectivity index is 1.63. The first-order chi connectivity index (χ1) is 15.3. The van der Waals surface area contributed by atoms with E-state index in [1.165, 1.54) is 16.7 Å². The molecule has 4 rings (SSSR count). The zero-order chi connectivity index (χ0) is 21.4. The van der Waals surface area contributed by atoms with Crippen molar-refractivity contribution in [3.8, 4) is 5.75 Å². The lowest BCUT2D eigenvalue weighted by Gasteiger charge is -2.35. The molecular weight excluding hydrogens is 398 g/mol. The Bertz CT molecular complexity index is 954. The molecule has 0 bridgehead atoms. The second kappa shape index (κ2) is 10.2. The molecule has 0 unspecified atom stereocenters. The number of anilines is 1. The third kappa shape index (κ3) is 4.78. The quantitative estimate of drug-likeness (QED) is 0.234. The van der Waals surface area contributed by atoms with Gasteiger partial charge in [0.25, 0.3) is 0 Å². The SMILES string of the molecule is COc1ccc(NCCSC(c2ccccc2)(c2ccccc2)c2ccccc2)cc1. The van der Waals surface area contributed by atoms with E-state index in [-0.39, 0.29) is 4.75 Å². The van der Waals surface area contributed by atoms with E-state index in [2.05, 4.69) is 108 Å². The Labute approximate surface area is 189 Å². The van der Waals surface area contributed by atoms with Crippen molar-refractivity contribution in [1.82, 2.24) is 0 Å². The molecule has 1 N–H and O–H groups in total. The van der Waals surface area contributed by atoms with Crippen molar-refractivity contribution in [2.75, 3.05) is 24.7 Å². The first-order valence-corrected chi connectivity index (χ1v) is 11.5. The molecule has 0 fully saturated rings. The van der Waals surface area contributed by atoms with Crippen molar-refractivity contribution in [1.29, 1.82) is 0 Å². The number of nitrogens with one attached hydrogen (secondary N) is 1. The van der Waals surface area contributed by atoms with E-state index >= 15 is 0 Å². The van der Waals surface area contributed by atoms with Gasteiger partial charge in [-0.25, -0.2) is 0 Å². The molecule has 2 nitrogen and oxygen atoms in total. The molecule has 3 heteroatoms. The van der Waals surface area contributed by atoms with Crippen LogP contribution in [0.15, 0.2) is 115 Å². The van der Waals surface area contributed by atoms with E-state index in [0.717, 1.165) is 23.7 Å². The summed E-state index contributed by atoms with van der Waals surface area (Å²) in [6, 6.07) is 40.6. The highest BCUT2D eigenvalue weighted by atomic mass is 32.2. The Morgan fingerprint density at radius 3 is 1.52 bits per heavy atom. The second-order valence-electron chi connectivity index (χ2n) is 7.28. The number of ether oxygens (including phenoxy) is 1. The van der Waals surface area contributed by atoms with Gasteiger partial charge < -0.3 is 10.1 Å². The number of hydrogen-bond acceptors (Lipinski definition) is 3. The van der Waals surface area contributed by atoms with Crippen molar-refractivity contribution in [3.63, 3.8) is 0 Å². The highest BCUT2D eigenvalue weighted by Gasteiger charge is 2.36. The van der Waals surface area contributed by atoms with Crippen molar-refractivity contribution in [2.45, 2.75) is 4.75 Å². The van der Waals surface area contributed by atoms with Crippen LogP contribution in [-0.4, -0.2) is 19.4 Å². The van der Waals surface area contributed by atoms with Crippen molar-refractivity contribution < 1.29 is 4.74 Å². The van der Waals surface area contributed by atoms with Crippen LogP contribution in [0, 0.1) is 0 Å². The minimum atomic E-state index is -0.272. The van der Waals surface area contributed by atoms with Gasteiger partial charge in [0.05, 0.1) is 11.9 Å². The normalized spacial score (nSPS) is 11.1. The largest absolute Gasteiger partial charge is 0.497 e. The lowest BCUT2D eigenvalue weighted by molar-refractivity contribution is 0.415. The van der Waals surface area contributed by atoms with Crippen LogP contribution >= 0.6 is 11.8 Å². The second-order valence-corrected chi connectivity index (χ2v) is 8.59. The average molecular weight is 426 g/mol. The van der Waals surface area contributed by atoms with Crippen LogP contribution in [0.5, 0.6) is 5.75 Å². The van der Waals surface area contributed by atoms with Crippen LogP contribution in [0.2, 0.25) is 0 Å². The van der Waals surface area contributed by atoms with Gasteiger partial charge >= 0.3 is 0 Å². The maximum absolute atomic E-state index is 5.25. The highest BCUT2D eigenvalue weighted by molar-refractivity contribution is 8.00. The average Bonchev–Trinajstić information content (AvgIpc) is 2.86. The van der Waals surface area contributed by atoms with Crippen LogP contribution in [0.4, 0.5) is 5.69 Å². The van der Waals surface area contributed by atoms with E-state index in [1.807, 2.05) is 23.9 Å². The summed E-state index contributed by atoms with van der Waals surface area (Å²) in [5.74, 6) is 1.82. The molecule has 0 aromatic heterocycles. The molecule has 156 valence electrons. The Morgan fingerprint density at radius 1 is 0.645 bits per heavy atom. The fourth-order valence-electron chi connectivity index (χ4n) is 3.88. The van der Waals surface area contributed by atoms with Gasteiger partial charge in [0.2, 0.25) is 0 Å². The summed E-state index contributed by atoms with van der Waals surface area (Å²) in [4.78, 5) is 0. The molecule has 0 saturated heterocycles. The first-order valence-electron chi connectivity index (χ1n) is 10.5. The first kappa shape index (κ1) is 21.1. The highest BCUT2D eigenvalue weighted by Crippen LogP contribution is 2.48. The van der Waals surface area contributed by atoms with E-state index in [1.54, 1.807) is 7.11 Å². The molecule has 0 radical (unpaired) electrons. The fraction of sp³-hybridized carbons (Fsp3) is 0.143. The Kier molecular flexibility index (Phi) is 6.96. The number of benzene rings is 4. The topological polar surface area (TPSA) is 21.3 Å². The van der Waals surface area contributed by atoms with Gasteiger partial charge in [-0.2, -0.15) is 0 Å². The van der Waals surface area contributed by atoms with Crippen LogP contribution in [0.25, 0.3) is 0 Å². The number of hydrogen-bond donors (Lipinski definition) is 1. The predicted molar refractivity (Wildman–Crippen MR) is 133 cm³/mol. The molecule has 0 aliphatic heterocycles. The Hall–Kier alpha value is -3.17. The van der Waals surface area contributed by atoms with Crippen LogP contribution < -0.4 is 10.1 Å². The molecule has 0 saturated carbocycles. The molecule has 4 aromatic carbocycles. The summed E-state index contributed by atoms with van der Waals surface area (Å²) >= 11 is 1.97. The lowest BCUT2D eigenvalue weighted by atomic mass is 9.84. The maximum atomic E-state index is 5.25. The molecule has 0 heterocycles. The molecule has 0 atom stereocenters. The van der Waals surface area contributed by atoms with Gasteiger partial charge in [-0.15, -0.1) is 11.8 Å². The predicted octanol–water partition coefficient (Wildman–Crippen LogP) is 6.83. The molecule has 0 aliphatic rings. The third-order valence-electron chi connectivity index (χ3n) is 5.38. The summed E-state index contributed by atoms with van der Waals surface area (Å²) in [7, 11) is 1.69. The third-order valence-corrected chi connectivity index (χ3v) is 6.93. The van der Waals surface area contributed by atoms with Crippen molar-refractivity contribution in [3.05, 3.63) is 132 Å². The summed E-state index contributed by atoms with van der Waals surface area (Å²) in [5, 5.41) is 3.55. The van der Waals surface area contributed by atoms with Crippen LogP contribution in [0.1, 0.15) is 16.7 Å². The number of rotatable bonds is 9. The van der Waals surface area contributed by atoms with E-state index in [0.29, 0.717) is 0 Å². The molecule has 4 aromatic rings. The van der Waals surface area contributed by atoms with Gasteiger partial charge in [0.1, 0.15) is 5.75 Å². The van der Waals surface area contributed by atoms with E-state index < -0.39 is 0 Å². The zero-order valence-corrected chi connectivity index (χ0v) is 18.5. The van der Waals surface area contributed by atoms with Gasteiger partial charge in [-0.05, 0) is 41.0 Å². The lowest BCUT2D eigenvalue weighted by Crippen LogP contribution is -2.27. The standard InChI is InChI=1S/C28H27NOS/c1-30-27-19-17-26(18-20-27)29-21-22-31-28(23-11-5-2-6-12-23,24-13-7-3-8-14-24)25-15-9-4-10-16-25/h2-20,29H,21-22H2,1H3. The van der Waals surface area contributed by atoms with Gasteiger partial charge in [-0.1, -0.05) is 91.0 Å². The minimum Gasteiger partial charge on any atom is -0.497 e. The summed E-state index contributed by atoms with van der Waals surface area (Å²) in [5.41, 5.74) is 4.98. The maximum Gasteiger partial charge on any atom is 0.119 e. The smallest absolute Gasteiger partial charge is 0.119 e. The minimum absolute atomic E-state index is 0.272. The number of thioether (sulfide) groups is 1. The van der Waals surface area contributed by atoms with E-state index in [4.69, 9.17) is 4.74 Å². The zero-order valence-electron chi connectivity index (χ0n) is 17.7. The Morgan fingerprint density at radius 2 is 1.10 bits per heavy atom. The molecule has 0 spiro atoms. The molecule has 31 heavy (non-hydrogen) atoms. The monoisotopic (exact) mass is 425 g/mol. The van der Waals surface area contributed by atoms with Gasteiger partial charge in [-0.3, -0.25) is 0 Å². The van der Waals surface area contributed by atoms with E-state index in [9.17, 15) is 0 Å². The molecule has 0 aliphatic carbocycles. The summed E-state index contributed by atoms with van der Waals surface area (Å²) in [6.07, 6.45) is 0. The van der Waals surface area contributed by atoms with Crippen molar-refractivity contribution in [2.24, 2.45) is 0 Å². The fourth-order valence-corrected chi connectivity index (χ4v) is 5.30. The molecular formula is C28H27NOS. The van der Waals surface area contributed by atoms with Crippen molar-refractivity contribution >= 4 is 17.4 Å².